The van der Waals surface area contributed by atoms with Crippen LogP contribution in [0.25, 0.3) is 11.5 Å². The zero-order valence-electron chi connectivity index (χ0n) is 20.0. The van der Waals surface area contributed by atoms with Crippen molar-refractivity contribution in [2.45, 2.75) is 13.5 Å². The minimum Gasteiger partial charge on any atom is -0.492 e. The largest absolute Gasteiger partial charge is 0.492 e. The first-order valence-electron chi connectivity index (χ1n) is 11.5. The van der Waals surface area contributed by atoms with Gasteiger partial charge in [-0.05, 0) is 19.1 Å². The summed E-state index contributed by atoms with van der Waals surface area (Å²) in [6, 6.07) is 9.21. The number of halogens is 1. The van der Waals surface area contributed by atoms with Crippen LogP contribution >= 0.6 is 11.3 Å². The minimum atomic E-state index is -0.747. The Balaban J connectivity index is 1.76. The molecule has 190 valence electrons. The van der Waals surface area contributed by atoms with E-state index < -0.39 is 12.6 Å². The Morgan fingerprint density at radius 2 is 2.17 bits per heavy atom. The van der Waals surface area contributed by atoms with Gasteiger partial charge in [-0.25, -0.2) is 4.39 Å². The van der Waals surface area contributed by atoms with Gasteiger partial charge in [0.1, 0.15) is 34.3 Å². The molecular weight excluding hydrogens is 485 g/mol. The second kappa shape index (κ2) is 14.0. The van der Waals surface area contributed by atoms with Gasteiger partial charge in [-0.3, -0.25) is 19.1 Å². The fourth-order valence-corrected chi connectivity index (χ4v) is 4.34. The monoisotopic (exact) mass is 513 g/mol. The molecule has 0 radical (unpaired) electrons. The van der Waals surface area contributed by atoms with Crippen molar-refractivity contribution >= 4 is 34.4 Å². The maximum Gasteiger partial charge on any atom is 0.277 e. The fourth-order valence-electron chi connectivity index (χ4n) is 3.35. The highest BCUT2D eigenvalue weighted by Crippen LogP contribution is 2.17. The molecule has 0 unspecified atom stereocenters. The molecule has 0 saturated carbocycles. The Morgan fingerprint density at radius 1 is 1.36 bits per heavy atom. The number of carbonyl (C=O) groups is 1. The molecule has 0 bridgehead atoms. The Hall–Kier alpha value is -3.64. The zero-order chi connectivity index (χ0) is 25.8. The van der Waals surface area contributed by atoms with E-state index in [-0.39, 0.29) is 22.2 Å². The molecule has 0 spiro atoms. The van der Waals surface area contributed by atoms with E-state index in [1.54, 1.807) is 13.0 Å². The number of morpholine rings is 1. The molecule has 9 nitrogen and oxygen atoms in total. The van der Waals surface area contributed by atoms with Gasteiger partial charge in [-0.15, -0.1) is 0 Å². The number of hydrogen-bond donors (Lipinski definition) is 2. The summed E-state index contributed by atoms with van der Waals surface area (Å²) in [4.78, 5) is 27.0. The van der Waals surface area contributed by atoms with Gasteiger partial charge in [0.2, 0.25) is 0 Å². The molecule has 1 fully saturated rings. The van der Waals surface area contributed by atoms with Crippen LogP contribution in [0.1, 0.15) is 6.92 Å². The highest BCUT2D eigenvalue weighted by atomic mass is 32.1. The van der Waals surface area contributed by atoms with Crippen molar-refractivity contribution in [2.75, 3.05) is 58.0 Å². The van der Waals surface area contributed by atoms with Gasteiger partial charge in [-0.2, -0.15) is 5.26 Å². The molecule has 0 aliphatic carbocycles. The molecule has 2 N–H and O–H groups in total. The number of nitrogens with one attached hydrogen (secondary N) is 2. The van der Waals surface area contributed by atoms with Gasteiger partial charge in [0.25, 0.3) is 11.5 Å². The van der Waals surface area contributed by atoms with Crippen LogP contribution in [0.15, 0.2) is 40.8 Å². The third-order valence-electron chi connectivity index (χ3n) is 5.21. The number of aromatic nitrogens is 1. The van der Waals surface area contributed by atoms with Crippen LogP contribution in [0.2, 0.25) is 0 Å². The third kappa shape index (κ3) is 7.68. The maximum absolute atomic E-state index is 12.7. The SMILES string of the molecule is CCn1c(=C=C(C#N)C(=O)NCCF)sc(=C=CNc2cccc(OCCN3CCOCC3)c2)c1=O. The number of benzene rings is 1. The number of ether oxygens (including phenoxy) is 2. The first-order chi connectivity index (χ1) is 17.5. The molecular formula is C25H28FN5O4S. The fraction of sp³-hybridized carbons (Fsp3) is 0.400. The highest BCUT2D eigenvalue weighted by Gasteiger charge is 2.10. The Morgan fingerprint density at radius 3 is 2.89 bits per heavy atom. The summed E-state index contributed by atoms with van der Waals surface area (Å²) in [7, 11) is 0. The van der Waals surface area contributed by atoms with E-state index in [0.717, 1.165) is 55.6 Å². The second-order valence-electron chi connectivity index (χ2n) is 7.61. The van der Waals surface area contributed by atoms with E-state index in [9.17, 15) is 19.2 Å². The van der Waals surface area contributed by atoms with Crippen molar-refractivity contribution in [2.24, 2.45) is 0 Å². The van der Waals surface area contributed by atoms with E-state index in [0.29, 0.717) is 17.8 Å². The third-order valence-corrected chi connectivity index (χ3v) is 6.22. The Bertz CT molecular complexity index is 1340. The Labute approximate surface area is 212 Å². The van der Waals surface area contributed by atoms with E-state index in [1.807, 2.05) is 24.3 Å². The van der Waals surface area contributed by atoms with Gasteiger partial charge in [0.15, 0.2) is 5.57 Å². The number of thiazole rings is 1. The van der Waals surface area contributed by atoms with Crippen molar-refractivity contribution < 1.29 is 18.7 Å². The van der Waals surface area contributed by atoms with Crippen LogP contribution < -0.4 is 30.1 Å². The molecule has 36 heavy (non-hydrogen) atoms. The molecule has 1 aliphatic heterocycles. The van der Waals surface area contributed by atoms with Crippen LogP contribution in [-0.4, -0.2) is 68.0 Å². The summed E-state index contributed by atoms with van der Waals surface area (Å²) >= 11 is 1.05. The Kier molecular flexibility index (Phi) is 10.5. The van der Waals surface area contributed by atoms with Crippen molar-refractivity contribution in [3.8, 4) is 11.8 Å². The van der Waals surface area contributed by atoms with Crippen molar-refractivity contribution in [3.63, 3.8) is 0 Å². The predicted molar refractivity (Wildman–Crippen MR) is 136 cm³/mol. The topological polar surface area (TPSA) is 109 Å². The minimum absolute atomic E-state index is 0.204. The van der Waals surface area contributed by atoms with E-state index in [4.69, 9.17) is 9.47 Å². The molecule has 1 aromatic carbocycles. The summed E-state index contributed by atoms with van der Waals surface area (Å²) in [5.41, 5.74) is 5.73. The van der Waals surface area contributed by atoms with Crippen LogP contribution in [0.3, 0.4) is 0 Å². The molecule has 0 atom stereocenters. The first kappa shape index (κ1) is 27.0. The molecule has 1 aliphatic rings. The molecule has 1 amide bonds. The first-order valence-corrected chi connectivity index (χ1v) is 12.4. The average molecular weight is 514 g/mol. The number of nitriles is 1. The van der Waals surface area contributed by atoms with Gasteiger partial charge < -0.3 is 20.1 Å². The summed E-state index contributed by atoms with van der Waals surface area (Å²) in [6.45, 7) is 5.86. The molecule has 1 saturated heterocycles. The van der Waals surface area contributed by atoms with Crippen LogP contribution in [0.4, 0.5) is 10.1 Å². The number of hydrogen-bond acceptors (Lipinski definition) is 8. The lowest BCUT2D eigenvalue weighted by Crippen LogP contribution is -2.38. The standard InChI is InChI=1S/C25H28FN5O4S/c1-2-31-23(16-19(18-27)24(32)29-9-7-26)36-22(25(31)33)6-8-28-20-4-3-5-21(17-20)35-15-12-30-10-13-34-14-11-30/h3-5,8,17,28H,2,7,9-15H2,1H3,(H,29,32). The van der Waals surface area contributed by atoms with E-state index in [1.165, 1.54) is 10.8 Å². The van der Waals surface area contributed by atoms with Gasteiger partial charge >= 0.3 is 0 Å². The number of carbonyl (C=O) groups excluding carboxylic acids is 1. The highest BCUT2D eigenvalue weighted by molar-refractivity contribution is 7.07. The van der Waals surface area contributed by atoms with Gasteiger partial charge in [0, 0.05) is 50.7 Å². The lowest BCUT2D eigenvalue weighted by molar-refractivity contribution is -0.117. The molecule has 2 aromatic rings. The number of amides is 1. The zero-order valence-corrected chi connectivity index (χ0v) is 20.8. The van der Waals surface area contributed by atoms with Crippen LogP contribution in [0, 0.1) is 11.3 Å². The van der Waals surface area contributed by atoms with Crippen molar-refractivity contribution in [1.29, 1.82) is 5.26 Å². The smallest absolute Gasteiger partial charge is 0.277 e. The van der Waals surface area contributed by atoms with Crippen LogP contribution in [0.5, 0.6) is 5.75 Å². The molecule has 1 aromatic heterocycles. The van der Waals surface area contributed by atoms with Crippen molar-refractivity contribution in [3.05, 3.63) is 55.6 Å². The number of alkyl halides is 1. The molecule has 2 heterocycles. The number of rotatable bonds is 10. The number of anilines is 1. The average Bonchev–Trinajstić information content (AvgIpc) is 3.20. The van der Waals surface area contributed by atoms with Crippen molar-refractivity contribution in [1.82, 2.24) is 14.8 Å². The summed E-state index contributed by atoms with van der Waals surface area (Å²) in [5.74, 6) is -0.0170. The van der Waals surface area contributed by atoms with Gasteiger partial charge in [-0.1, -0.05) is 28.9 Å². The van der Waals surface area contributed by atoms with Gasteiger partial charge in [0.05, 0.1) is 13.2 Å². The molecule has 3 rings (SSSR count). The quantitative estimate of drug-likeness (QED) is 0.353. The normalized spacial score (nSPS) is 13.1. The summed E-state index contributed by atoms with van der Waals surface area (Å²) in [6.07, 6.45) is 1.52. The lowest BCUT2D eigenvalue weighted by Gasteiger charge is -2.26. The summed E-state index contributed by atoms with van der Waals surface area (Å²) < 4.78 is 25.5. The maximum atomic E-state index is 12.7. The number of nitrogens with zero attached hydrogens (tertiary/aromatic N) is 3. The van der Waals surface area contributed by atoms with E-state index in [2.05, 4.69) is 27.0 Å². The van der Waals surface area contributed by atoms with E-state index >= 15 is 0 Å². The summed E-state index contributed by atoms with van der Waals surface area (Å²) in [5, 5.41) is 14.6. The second-order valence-corrected chi connectivity index (χ2v) is 8.60. The molecule has 11 heteroatoms. The predicted octanol–water partition coefficient (Wildman–Crippen LogP) is 0.561. The van der Waals surface area contributed by atoms with Crippen LogP contribution in [-0.2, 0) is 16.1 Å². The lowest BCUT2D eigenvalue weighted by atomic mass is 10.3.